The number of nitrogens with one attached hydrogen (secondary N) is 1. The van der Waals surface area contributed by atoms with Crippen LogP contribution in [0.3, 0.4) is 0 Å². The molecular formula is C28H26ClN3O3S. The summed E-state index contributed by atoms with van der Waals surface area (Å²) in [5.74, 6) is -0.115. The Labute approximate surface area is 218 Å². The molecular weight excluding hydrogens is 494 g/mol. The molecule has 4 aromatic rings. The number of aromatic nitrogens is 2. The van der Waals surface area contributed by atoms with Crippen LogP contribution in [0.2, 0.25) is 5.02 Å². The topological polar surface area (TPSA) is 70.5 Å². The third kappa shape index (κ3) is 4.21. The molecule has 3 heterocycles. The van der Waals surface area contributed by atoms with Crippen LogP contribution in [0.1, 0.15) is 30.0 Å². The Bertz CT molecular complexity index is 1420. The maximum Gasteiger partial charge on any atom is 0.282 e. The normalized spacial score (nSPS) is 20.0. The number of morpholine rings is 1. The Kier molecular flexibility index (Phi) is 6.29. The van der Waals surface area contributed by atoms with Gasteiger partial charge in [-0.3, -0.25) is 9.89 Å². The number of fused-ring (bicyclic) bond motifs is 2. The standard InChI is InChI=1S/C28H26ClN3O3S/c29-23-11-4-5-12-24(23)36-26-27(33)30-32(28(26)34)25(18-7-2-1-3-8-18)19-9-6-10-20(15-19)31-21-13-14-22(31)17-35-16-21/h1-12,15,21-22,25,34H,13-14,16-17H2,(H,30,33). The van der Waals surface area contributed by atoms with Gasteiger partial charge in [0.1, 0.15) is 10.9 Å². The van der Waals surface area contributed by atoms with Gasteiger partial charge in [0.05, 0.1) is 30.3 Å². The Balaban J connectivity index is 1.43. The Morgan fingerprint density at radius 1 is 0.944 bits per heavy atom. The minimum atomic E-state index is -0.418. The summed E-state index contributed by atoms with van der Waals surface area (Å²) in [6, 6.07) is 25.9. The number of benzene rings is 3. The molecule has 0 saturated carbocycles. The monoisotopic (exact) mass is 519 g/mol. The number of ether oxygens (including phenoxy) is 1. The van der Waals surface area contributed by atoms with Gasteiger partial charge in [-0.1, -0.05) is 78.0 Å². The molecule has 2 saturated heterocycles. The van der Waals surface area contributed by atoms with Crippen LogP contribution < -0.4 is 10.5 Å². The number of halogens is 1. The van der Waals surface area contributed by atoms with Gasteiger partial charge >= 0.3 is 0 Å². The fourth-order valence-electron chi connectivity index (χ4n) is 5.37. The molecule has 0 aliphatic carbocycles. The average molecular weight is 520 g/mol. The number of hydrogen-bond donors (Lipinski definition) is 2. The zero-order chi connectivity index (χ0) is 24.6. The molecule has 2 aliphatic rings. The van der Waals surface area contributed by atoms with Crippen molar-refractivity contribution in [2.24, 2.45) is 0 Å². The van der Waals surface area contributed by atoms with E-state index in [0.717, 1.165) is 54.6 Å². The maximum absolute atomic E-state index is 13.0. The molecule has 2 N–H and O–H groups in total. The summed E-state index contributed by atoms with van der Waals surface area (Å²) in [5.41, 5.74) is 2.71. The second-order valence-corrected chi connectivity index (χ2v) is 10.7. The fraction of sp³-hybridized carbons (Fsp3) is 0.250. The zero-order valence-corrected chi connectivity index (χ0v) is 21.1. The van der Waals surface area contributed by atoms with Gasteiger partial charge in [0.15, 0.2) is 0 Å². The first-order valence-electron chi connectivity index (χ1n) is 12.1. The van der Waals surface area contributed by atoms with Crippen LogP contribution in [0, 0.1) is 0 Å². The lowest BCUT2D eigenvalue weighted by Gasteiger charge is -2.37. The minimum absolute atomic E-state index is 0.115. The highest BCUT2D eigenvalue weighted by Gasteiger charge is 2.37. The van der Waals surface area contributed by atoms with Crippen molar-refractivity contribution in [2.75, 3.05) is 18.1 Å². The van der Waals surface area contributed by atoms with E-state index in [0.29, 0.717) is 22.0 Å². The molecule has 36 heavy (non-hydrogen) atoms. The summed E-state index contributed by atoms with van der Waals surface area (Å²) in [4.78, 5) is 16.4. The molecule has 2 aliphatic heterocycles. The lowest BCUT2D eigenvalue weighted by molar-refractivity contribution is 0.0906. The zero-order valence-electron chi connectivity index (χ0n) is 19.5. The molecule has 2 bridgehead atoms. The van der Waals surface area contributed by atoms with Crippen molar-refractivity contribution in [1.29, 1.82) is 0 Å². The predicted octanol–water partition coefficient (Wildman–Crippen LogP) is 5.69. The number of H-pyrrole nitrogens is 1. The maximum atomic E-state index is 13.0. The smallest absolute Gasteiger partial charge is 0.282 e. The van der Waals surface area contributed by atoms with Crippen molar-refractivity contribution in [1.82, 2.24) is 9.78 Å². The van der Waals surface area contributed by atoms with Crippen LogP contribution in [0.4, 0.5) is 5.69 Å². The minimum Gasteiger partial charge on any atom is -0.493 e. The van der Waals surface area contributed by atoms with Crippen LogP contribution in [0.5, 0.6) is 5.88 Å². The Morgan fingerprint density at radius 2 is 1.64 bits per heavy atom. The van der Waals surface area contributed by atoms with Gasteiger partial charge in [-0.25, -0.2) is 4.68 Å². The summed E-state index contributed by atoms with van der Waals surface area (Å²) in [6.07, 6.45) is 2.26. The molecule has 2 fully saturated rings. The SMILES string of the molecule is O=c1[nH]n(C(c2ccccc2)c2cccc(N3C4CCC3COC4)c2)c(O)c1Sc1ccccc1Cl. The Morgan fingerprint density at radius 3 is 2.39 bits per heavy atom. The highest BCUT2D eigenvalue weighted by atomic mass is 35.5. The van der Waals surface area contributed by atoms with Crippen molar-refractivity contribution in [3.8, 4) is 5.88 Å². The first kappa shape index (κ1) is 23.3. The predicted molar refractivity (Wildman–Crippen MR) is 143 cm³/mol. The van der Waals surface area contributed by atoms with Gasteiger partial charge in [0.2, 0.25) is 5.88 Å². The van der Waals surface area contributed by atoms with Crippen molar-refractivity contribution >= 4 is 29.1 Å². The summed E-state index contributed by atoms with van der Waals surface area (Å²) >= 11 is 7.49. The van der Waals surface area contributed by atoms with E-state index in [4.69, 9.17) is 16.3 Å². The van der Waals surface area contributed by atoms with Crippen molar-refractivity contribution in [2.45, 2.75) is 40.8 Å². The summed E-state index contributed by atoms with van der Waals surface area (Å²) < 4.78 is 7.34. The van der Waals surface area contributed by atoms with Gasteiger partial charge in [-0.05, 0) is 48.2 Å². The quantitative estimate of drug-likeness (QED) is 0.342. The second kappa shape index (κ2) is 9.73. The van der Waals surface area contributed by atoms with Crippen LogP contribution in [0.15, 0.2) is 93.4 Å². The first-order chi connectivity index (χ1) is 17.6. The highest BCUT2D eigenvalue weighted by Crippen LogP contribution is 2.40. The van der Waals surface area contributed by atoms with Gasteiger partial charge < -0.3 is 14.7 Å². The molecule has 0 radical (unpaired) electrons. The van der Waals surface area contributed by atoms with Crippen LogP contribution >= 0.6 is 23.4 Å². The molecule has 0 amide bonds. The van der Waals surface area contributed by atoms with E-state index in [1.807, 2.05) is 60.7 Å². The largest absolute Gasteiger partial charge is 0.493 e. The number of nitrogens with zero attached hydrogens (tertiary/aromatic N) is 2. The van der Waals surface area contributed by atoms with E-state index < -0.39 is 6.04 Å². The lowest BCUT2D eigenvalue weighted by Crippen LogP contribution is -2.45. The van der Waals surface area contributed by atoms with E-state index in [-0.39, 0.29) is 16.3 Å². The third-order valence-corrected chi connectivity index (χ3v) is 8.60. The number of aromatic hydroxyl groups is 1. The first-order valence-corrected chi connectivity index (χ1v) is 13.3. The molecule has 0 spiro atoms. The van der Waals surface area contributed by atoms with Crippen LogP contribution in [-0.4, -0.2) is 40.2 Å². The Hall–Kier alpha value is -3.13. The second-order valence-electron chi connectivity index (χ2n) is 9.23. The third-order valence-electron chi connectivity index (χ3n) is 7.01. The van der Waals surface area contributed by atoms with Gasteiger partial charge in [0.25, 0.3) is 5.56 Å². The van der Waals surface area contributed by atoms with Crippen LogP contribution in [0.25, 0.3) is 0 Å². The number of rotatable bonds is 6. The number of aromatic amines is 1. The molecule has 3 atom stereocenters. The molecule has 6 nitrogen and oxygen atoms in total. The molecule has 3 unspecified atom stereocenters. The summed E-state index contributed by atoms with van der Waals surface area (Å²) in [5, 5.41) is 14.7. The van der Waals surface area contributed by atoms with E-state index in [2.05, 4.69) is 22.1 Å². The van der Waals surface area contributed by atoms with E-state index >= 15 is 0 Å². The highest BCUT2D eigenvalue weighted by molar-refractivity contribution is 7.99. The average Bonchev–Trinajstić information content (AvgIpc) is 3.32. The molecule has 1 aromatic heterocycles. The summed E-state index contributed by atoms with van der Waals surface area (Å²) in [7, 11) is 0. The molecule has 6 rings (SSSR count). The van der Waals surface area contributed by atoms with Gasteiger partial charge in [-0.2, -0.15) is 0 Å². The van der Waals surface area contributed by atoms with E-state index in [1.54, 1.807) is 10.7 Å². The van der Waals surface area contributed by atoms with Gasteiger partial charge in [0, 0.05) is 10.6 Å². The lowest BCUT2D eigenvalue weighted by atomic mass is 9.98. The van der Waals surface area contributed by atoms with Crippen molar-refractivity contribution in [3.05, 3.63) is 105 Å². The fourth-order valence-corrected chi connectivity index (χ4v) is 6.48. The van der Waals surface area contributed by atoms with Crippen molar-refractivity contribution < 1.29 is 9.84 Å². The molecule has 184 valence electrons. The molecule has 8 heteroatoms. The number of anilines is 1. The van der Waals surface area contributed by atoms with Gasteiger partial charge in [-0.15, -0.1) is 0 Å². The van der Waals surface area contributed by atoms with Crippen LogP contribution in [-0.2, 0) is 4.74 Å². The van der Waals surface area contributed by atoms with Crippen molar-refractivity contribution in [3.63, 3.8) is 0 Å². The number of hydrogen-bond acceptors (Lipinski definition) is 5. The van der Waals surface area contributed by atoms with E-state index in [1.165, 1.54) is 0 Å². The molecule has 3 aromatic carbocycles. The summed E-state index contributed by atoms with van der Waals surface area (Å²) in [6.45, 7) is 1.49. The van der Waals surface area contributed by atoms with E-state index in [9.17, 15) is 9.90 Å².